The Morgan fingerprint density at radius 2 is 1.59 bits per heavy atom. The summed E-state index contributed by atoms with van der Waals surface area (Å²) in [6, 6.07) is 10.9. The van der Waals surface area contributed by atoms with Gasteiger partial charge in [-0.2, -0.15) is 0 Å². The predicted molar refractivity (Wildman–Crippen MR) is 85.9 cm³/mol. The molecule has 1 aliphatic rings. The Balaban J connectivity index is 1.50. The van der Waals surface area contributed by atoms with E-state index in [4.69, 9.17) is 0 Å². The van der Waals surface area contributed by atoms with Gasteiger partial charge in [-0.1, -0.05) is 18.2 Å². The molecular weight excluding hydrogens is 277 g/mol. The van der Waals surface area contributed by atoms with Crippen LogP contribution in [0.4, 0.5) is 4.39 Å². The summed E-state index contributed by atoms with van der Waals surface area (Å²) in [5, 5.41) is 0. The van der Waals surface area contributed by atoms with Crippen LogP contribution in [0.2, 0.25) is 0 Å². The molecule has 3 nitrogen and oxygen atoms in total. The largest absolute Gasteiger partial charge is 0.297 e. The van der Waals surface area contributed by atoms with E-state index in [0.717, 1.165) is 39.3 Å². The highest BCUT2D eigenvalue weighted by Crippen LogP contribution is 2.12. The van der Waals surface area contributed by atoms with Crippen LogP contribution in [0.3, 0.4) is 0 Å². The van der Waals surface area contributed by atoms with E-state index in [2.05, 4.69) is 27.8 Å². The lowest BCUT2D eigenvalue weighted by Gasteiger charge is -2.34. The summed E-state index contributed by atoms with van der Waals surface area (Å²) < 4.78 is 12.9. The van der Waals surface area contributed by atoms with Gasteiger partial charge in [0.25, 0.3) is 0 Å². The quantitative estimate of drug-likeness (QED) is 0.865. The number of nitrogens with zero attached hydrogens (tertiary/aromatic N) is 3. The Morgan fingerprint density at radius 1 is 0.955 bits per heavy atom. The molecule has 4 heteroatoms. The maximum absolute atomic E-state index is 12.9. The van der Waals surface area contributed by atoms with Crippen LogP contribution in [0.5, 0.6) is 0 Å². The molecule has 1 fully saturated rings. The molecule has 116 valence electrons. The number of piperazine rings is 1. The van der Waals surface area contributed by atoms with Gasteiger partial charge in [-0.25, -0.2) is 4.39 Å². The standard InChI is InChI=1S/C18H22FN3/c1-15-3-2-8-20-18(15)14-22-11-9-21(10-12-22)13-16-4-6-17(19)7-5-16/h2-8H,9-14H2,1H3. The summed E-state index contributed by atoms with van der Waals surface area (Å²) >= 11 is 0. The number of hydrogen-bond acceptors (Lipinski definition) is 3. The lowest BCUT2D eigenvalue weighted by atomic mass is 10.1. The van der Waals surface area contributed by atoms with Gasteiger partial charge in [-0.05, 0) is 36.2 Å². The van der Waals surface area contributed by atoms with Gasteiger partial charge in [-0.15, -0.1) is 0 Å². The lowest BCUT2D eigenvalue weighted by Crippen LogP contribution is -2.45. The maximum atomic E-state index is 12.9. The van der Waals surface area contributed by atoms with Crippen molar-refractivity contribution in [2.45, 2.75) is 20.0 Å². The van der Waals surface area contributed by atoms with Gasteiger partial charge in [-0.3, -0.25) is 14.8 Å². The number of halogens is 1. The highest BCUT2D eigenvalue weighted by Gasteiger charge is 2.17. The molecular formula is C18H22FN3. The van der Waals surface area contributed by atoms with E-state index in [0.29, 0.717) is 0 Å². The van der Waals surface area contributed by atoms with Gasteiger partial charge in [0.1, 0.15) is 5.82 Å². The third-order valence-corrected chi connectivity index (χ3v) is 4.28. The Bertz CT molecular complexity index is 604. The minimum atomic E-state index is -0.167. The molecule has 0 aliphatic carbocycles. The molecule has 2 heterocycles. The summed E-state index contributed by atoms with van der Waals surface area (Å²) in [6.07, 6.45) is 1.87. The molecule has 0 atom stereocenters. The maximum Gasteiger partial charge on any atom is 0.123 e. The number of pyridine rings is 1. The summed E-state index contributed by atoms with van der Waals surface area (Å²) in [6.45, 7) is 8.14. The van der Waals surface area contributed by atoms with E-state index in [9.17, 15) is 4.39 Å². The van der Waals surface area contributed by atoms with Gasteiger partial charge in [0, 0.05) is 45.5 Å². The van der Waals surface area contributed by atoms with Crippen molar-refractivity contribution in [1.82, 2.24) is 14.8 Å². The van der Waals surface area contributed by atoms with Gasteiger partial charge < -0.3 is 0 Å². The fourth-order valence-corrected chi connectivity index (χ4v) is 2.85. The number of aromatic nitrogens is 1. The average Bonchev–Trinajstić information content (AvgIpc) is 2.54. The van der Waals surface area contributed by atoms with Gasteiger partial charge in [0.2, 0.25) is 0 Å². The molecule has 0 N–H and O–H groups in total. The summed E-state index contributed by atoms with van der Waals surface area (Å²) in [5.41, 5.74) is 3.61. The molecule has 0 spiro atoms. The molecule has 3 rings (SSSR count). The highest BCUT2D eigenvalue weighted by molar-refractivity contribution is 5.18. The highest BCUT2D eigenvalue weighted by atomic mass is 19.1. The first-order valence-corrected chi connectivity index (χ1v) is 7.80. The summed E-state index contributed by atoms with van der Waals surface area (Å²) in [4.78, 5) is 9.36. The summed E-state index contributed by atoms with van der Waals surface area (Å²) in [5.74, 6) is -0.167. The minimum Gasteiger partial charge on any atom is -0.297 e. The van der Waals surface area contributed by atoms with Crippen LogP contribution < -0.4 is 0 Å². The van der Waals surface area contributed by atoms with Crippen LogP contribution in [0, 0.1) is 12.7 Å². The zero-order valence-electron chi connectivity index (χ0n) is 13.0. The normalized spacial score (nSPS) is 16.8. The fourth-order valence-electron chi connectivity index (χ4n) is 2.85. The zero-order valence-corrected chi connectivity index (χ0v) is 13.0. The van der Waals surface area contributed by atoms with Crippen molar-refractivity contribution in [1.29, 1.82) is 0 Å². The van der Waals surface area contributed by atoms with Gasteiger partial charge in [0.05, 0.1) is 5.69 Å². The van der Waals surface area contributed by atoms with Crippen LogP contribution in [0.1, 0.15) is 16.8 Å². The van der Waals surface area contributed by atoms with Crippen molar-refractivity contribution in [3.63, 3.8) is 0 Å². The lowest BCUT2D eigenvalue weighted by molar-refractivity contribution is 0.121. The molecule has 1 saturated heterocycles. The smallest absolute Gasteiger partial charge is 0.123 e. The van der Waals surface area contributed by atoms with Crippen molar-refractivity contribution in [3.05, 3.63) is 65.2 Å². The number of aryl methyl sites for hydroxylation is 1. The number of hydrogen-bond donors (Lipinski definition) is 0. The second-order valence-corrected chi connectivity index (χ2v) is 5.95. The second-order valence-electron chi connectivity index (χ2n) is 5.95. The minimum absolute atomic E-state index is 0.167. The van der Waals surface area contributed by atoms with Crippen molar-refractivity contribution in [2.24, 2.45) is 0 Å². The molecule has 0 unspecified atom stereocenters. The van der Waals surface area contributed by atoms with Crippen LogP contribution in [0.15, 0.2) is 42.6 Å². The molecule has 1 aliphatic heterocycles. The molecule has 1 aromatic heterocycles. The van der Waals surface area contributed by atoms with Crippen molar-refractivity contribution in [2.75, 3.05) is 26.2 Å². The van der Waals surface area contributed by atoms with Crippen LogP contribution in [0.25, 0.3) is 0 Å². The Kier molecular flexibility index (Phi) is 4.80. The van der Waals surface area contributed by atoms with E-state index in [1.54, 1.807) is 0 Å². The number of rotatable bonds is 4. The average molecular weight is 299 g/mol. The first-order valence-electron chi connectivity index (χ1n) is 7.80. The first kappa shape index (κ1) is 15.1. The predicted octanol–water partition coefficient (Wildman–Crippen LogP) is 2.85. The first-order chi connectivity index (χ1) is 10.7. The Labute approximate surface area is 131 Å². The summed E-state index contributed by atoms with van der Waals surface area (Å²) in [7, 11) is 0. The molecule has 1 aromatic carbocycles. The van der Waals surface area contributed by atoms with Crippen LogP contribution >= 0.6 is 0 Å². The molecule has 0 amide bonds. The van der Waals surface area contributed by atoms with Crippen molar-refractivity contribution in [3.8, 4) is 0 Å². The van der Waals surface area contributed by atoms with E-state index in [1.165, 1.54) is 29.0 Å². The van der Waals surface area contributed by atoms with E-state index >= 15 is 0 Å². The van der Waals surface area contributed by atoms with E-state index < -0.39 is 0 Å². The molecule has 0 saturated carbocycles. The molecule has 2 aromatic rings. The third-order valence-electron chi connectivity index (χ3n) is 4.28. The van der Waals surface area contributed by atoms with Gasteiger partial charge in [0.15, 0.2) is 0 Å². The second kappa shape index (κ2) is 6.99. The van der Waals surface area contributed by atoms with Crippen LogP contribution in [-0.4, -0.2) is 41.0 Å². The third kappa shape index (κ3) is 3.90. The fraction of sp³-hybridized carbons (Fsp3) is 0.389. The SMILES string of the molecule is Cc1cccnc1CN1CCN(Cc2ccc(F)cc2)CC1. The number of benzene rings is 1. The Morgan fingerprint density at radius 3 is 2.23 bits per heavy atom. The monoisotopic (exact) mass is 299 g/mol. The van der Waals surface area contributed by atoms with Crippen molar-refractivity contribution >= 4 is 0 Å². The van der Waals surface area contributed by atoms with Crippen LogP contribution in [-0.2, 0) is 13.1 Å². The van der Waals surface area contributed by atoms with Gasteiger partial charge >= 0.3 is 0 Å². The zero-order chi connectivity index (χ0) is 15.4. The topological polar surface area (TPSA) is 19.4 Å². The Hall–Kier alpha value is -1.78. The molecule has 22 heavy (non-hydrogen) atoms. The van der Waals surface area contributed by atoms with Crippen molar-refractivity contribution < 1.29 is 4.39 Å². The van der Waals surface area contributed by atoms with E-state index in [1.807, 2.05) is 24.4 Å². The molecule has 0 bridgehead atoms. The van der Waals surface area contributed by atoms with E-state index in [-0.39, 0.29) is 5.82 Å². The molecule has 0 radical (unpaired) electrons.